The van der Waals surface area contributed by atoms with Gasteiger partial charge in [0.25, 0.3) is 0 Å². The highest BCUT2D eigenvalue weighted by atomic mass is 79.9. The Kier molecular flexibility index (Phi) is 3.91. The SMILES string of the molecule is O=CCNC(=O)Nc1ccc(Br)s1. The smallest absolute Gasteiger partial charge is 0.320 e. The molecule has 0 aliphatic rings. The second kappa shape index (κ2) is 4.98. The zero-order chi connectivity index (χ0) is 9.68. The van der Waals surface area contributed by atoms with E-state index in [2.05, 4.69) is 26.6 Å². The minimum absolute atomic E-state index is 0.0262. The van der Waals surface area contributed by atoms with Crippen molar-refractivity contribution >= 4 is 44.6 Å². The number of carbonyl (C=O) groups excluding carboxylic acids is 2. The summed E-state index contributed by atoms with van der Waals surface area (Å²) >= 11 is 4.67. The van der Waals surface area contributed by atoms with Crippen LogP contribution in [0.4, 0.5) is 9.80 Å². The molecule has 4 nitrogen and oxygen atoms in total. The molecule has 1 rings (SSSR count). The Morgan fingerprint density at radius 2 is 2.38 bits per heavy atom. The van der Waals surface area contributed by atoms with Gasteiger partial charge in [-0.25, -0.2) is 4.79 Å². The van der Waals surface area contributed by atoms with Gasteiger partial charge in [-0.2, -0.15) is 0 Å². The van der Waals surface area contributed by atoms with Crippen LogP contribution >= 0.6 is 27.3 Å². The normalized spacial score (nSPS) is 9.31. The van der Waals surface area contributed by atoms with Crippen molar-refractivity contribution < 1.29 is 9.59 Å². The molecule has 6 heteroatoms. The Morgan fingerprint density at radius 3 is 2.92 bits per heavy atom. The molecule has 0 radical (unpaired) electrons. The van der Waals surface area contributed by atoms with Crippen LogP contribution in [0.1, 0.15) is 0 Å². The lowest BCUT2D eigenvalue weighted by atomic mass is 10.6. The van der Waals surface area contributed by atoms with Crippen LogP contribution in [0.3, 0.4) is 0 Å². The fraction of sp³-hybridized carbons (Fsp3) is 0.143. The first-order valence-electron chi connectivity index (χ1n) is 3.46. The molecule has 0 spiro atoms. The lowest BCUT2D eigenvalue weighted by Gasteiger charge is -2.00. The standard InChI is InChI=1S/C7H7BrN2O2S/c8-5-1-2-6(13-5)10-7(12)9-3-4-11/h1-2,4H,3H2,(H2,9,10,12). The number of anilines is 1. The second-order valence-electron chi connectivity index (χ2n) is 2.11. The van der Waals surface area contributed by atoms with Crippen molar-refractivity contribution in [3.8, 4) is 0 Å². The van der Waals surface area contributed by atoms with Crippen LogP contribution in [-0.4, -0.2) is 18.9 Å². The molecule has 2 amide bonds. The number of nitrogens with one attached hydrogen (secondary N) is 2. The predicted octanol–water partition coefficient (Wildman–Crippen LogP) is 1.83. The van der Waals surface area contributed by atoms with E-state index >= 15 is 0 Å². The summed E-state index contributed by atoms with van der Waals surface area (Å²) in [5, 5.41) is 5.67. The molecule has 1 aromatic rings. The Morgan fingerprint density at radius 1 is 1.62 bits per heavy atom. The number of hydrogen-bond acceptors (Lipinski definition) is 3. The Bertz CT molecular complexity index is 313. The van der Waals surface area contributed by atoms with Gasteiger partial charge >= 0.3 is 6.03 Å². The van der Waals surface area contributed by atoms with Gasteiger partial charge in [-0.05, 0) is 28.1 Å². The highest BCUT2D eigenvalue weighted by Gasteiger charge is 2.01. The van der Waals surface area contributed by atoms with Crippen molar-refractivity contribution in [3.63, 3.8) is 0 Å². The number of hydrogen-bond donors (Lipinski definition) is 2. The lowest BCUT2D eigenvalue weighted by molar-refractivity contribution is -0.107. The van der Waals surface area contributed by atoms with Crippen molar-refractivity contribution in [2.75, 3.05) is 11.9 Å². The number of thiophene rings is 1. The Labute approximate surface area is 87.5 Å². The van der Waals surface area contributed by atoms with E-state index in [0.29, 0.717) is 6.29 Å². The Hall–Kier alpha value is -0.880. The molecule has 13 heavy (non-hydrogen) atoms. The fourth-order valence-corrected chi connectivity index (χ4v) is 1.95. The molecule has 70 valence electrons. The molecular formula is C7H7BrN2O2S. The summed E-state index contributed by atoms with van der Waals surface area (Å²) in [4.78, 5) is 20.9. The molecule has 1 heterocycles. The molecule has 0 aromatic carbocycles. The largest absolute Gasteiger partial charge is 0.331 e. The van der Waals surface area contributed by atoms with Crippen LogP contribution in [0.5, 0.6) is 0 Å². The zero-order valence-corrected chi connectivity index (χ0v) is 8.94. The van der Waals surface area contributed by atoms with E-state index in [0.717, 1.165) is 8.79 Å². The minimum Gasteiger partial charge on any atom is -0.331 e. The second-order valence-corrected chi connectivity index (χ2v) is 4.57. The van der Waals surface area contributed by atoms with Crippen molar-refractivity contribution in [1.82, 2.24) is 5.32 Å². The van der Waals surface area contributed by atoms with Gasteiger partial charge in [0, 0.05) is 0 Å². The van der Waals surface area contributed by atoms with Crippen molar-refractivity contribution in [1.29, 1.82) is 0 Å². The quantitative estimate of drug-likeness (QED) is 0.817. The van der Waals surface area contributed by atoms with Crippen LogP contribution in [0.2, 0.25) is 0 Å². The molecule has 0 bridgehead atoms. The van der Waals surface area contributed by atoms with E-state index < -0.39 is 0 Å². The molecule has 0 atom stereocenters. The molecule has 0 fully saturated rings. The number of halogens is 1. The number of amides is 2. The maximum atomic E-state index is 11.0. The summed E-state index contributed by atoms with van der Waals surface area (Å²) in [5.41, 5.74) is 0. The van der Waals surface area contributed by atoms with Crippen LogP contribution < -0.4 is 10.6 Å². The summed E-state index contributed by atoms with van der Waals surface area (Å²) in [6.07, 6.45) is 0.629. The number of rotatable bonds is 3. The maximum Gasteiger partial charge on any atom is 0.320 e. The third-order valence-electron chi connectivity index (χ3n) is 1.16. The molecular weight excluding hydrogens is 256 g/mol. The molecule has 0 aliphatic heterocycles. The van der Waals surface area contributed by atoms with E-state index in [1.807, 2.05) is 6.07 Å². The van der Waals surface area contributed by atoms with E-state index in [4.69, 9.17) is 0 Å². The molecule has 0 saturated carbocycles. The monoisotopic (exact) mass is 262 g/mol. The highest BCUT2D eigenvalue weighted by Crippen LogP contribution is 2.26. The van der Waals surface area contributed by atoms with Gasteiger partial charge in [0.2, 0.25) is 0 Å². The summed E-state index contributed by atoms with van der Waals surface area (Å²) in [6.45, 7) is 0.0262. The topological polar surface area (TPSA) is 58.2 Å². The first kappa shape index (κ1) is 10.2. The van der Waals surface area contributed by atoms with Crippen molar-refractivity contribution in [3.05, 3.63) is 15.9 Å². The fourth-order valence-electron chi connectivity index (χ4n) is 0.672. The first-order valence-corrected chi connectivity index (χ1v) is 5.07. The Balaban J connectivity index is 2.40. The number of aldehydes is 1. The zero-order valence-electron chi connectivity index (χ0n) is 6.54. The van der Waals surface area contributed by atoms with E-state index in [-0.39, 0.29) is 12.6 Å². The molecule has 2 N–H and O–H groups in total. The van der Waals surface area contributed by atoms with Gasteiger partial charge in [0.15, 0.2) is 0 Å². The van der Waals surface area contributed by atoms with Gasteiger partial charge in [-0.15, -0.1) is 11.3 Å². The minimum atomic E-state index is -0.374. The van der Waals surface area contributed by atoms with Gasteiger partial charge < -0.3 is 10.1 Å². The third-order valence-corrected chi connectivity index (χ3v) is 2.69. The van der Waals surface area contributed by atoms with Crippen LogP contribution in [0.15, 0.2) is 15.9 Å². The van der Waals surface area contributed by atoms with Crippen molar-refractivity contribution in [2.24, 2.45) is 0 Å². The summed E-state index contributed by atoms with van der Waals surface area (Å²) in [5.74, 6) is 0. The van der Waals surface area contributed by atoms with Gasteiger partial charge in [0.1, 0.15) is 6.29 Å². The molecule has 1 aromatic heterocycles. The first-order chi connectivity index (χ1) is 6.22. The van der Waals surface area contributed by atoms with E-state index in [1.165, 1.54) is 11.3 Å². The van der Waals surface area contributed by atoms with Crippen molar-refractivity contribution in [2.45, 2.75) is 0 Å². The average Bonchev–Trinajstić information content (AvgIpc) is 2.48. The highest BCUT2D eigenvalue weighted by molar-refractivity contribution is 9.11. The van der Waals surface area contributed by atoms with Crippen LogP contribution in [0, 0.1) is 0 Å². The van der Waals surface area contributed by atoms with E-state index in [1.54, 1.807) is 6.07 Å². The predicted molar refractivity (Wildman–Crippen MR) is 55.1 cm³/mol. The summed E-state index contributed by atoms with van der Waals surface area (Å²) in [7, 11) is 0. The van der Waals surface area contributed by atoms with Crippen LogP contribution in [0.25, 0.3) is 0 Å². The summed E-state index contributed by atoms with van der Waals surface area (Å²) in [6, 6.07) is 3.23. The molecule has 0 unspecified atom stereocenters. The molecule has 0 saturated heterocycles. The van der Waals surface area contributed by atoms with E-state index in [9.17, 15) is 9.59 Å². The van der Waals surface area contributed by atoms with Crippen LogP contribution in [-0.2, 0) is 4.79 Å². The van der Waals surface area contributed by atoms with Gasteiger partial charge in [-0.1, -0.05) is 0 Å². The number of carbonyl (C=O) groups is 2. The molecule has 0 aliphatic carbocycles. The lowest BCUT2D eigenvalue weighted by Crippen LogP contribution is -2.29. The third kappa shape index (κ3) is 3.56. The van der Waals surface area contributed by atoms with Gasteiger partial charge in [0.05, 0.1) is 15.3 Å². The average molecular weight is 263 g/mol. The summed E-state index contributed by atoms with van der Waals surface area (Å²) < 4.78 is 0.943. The van der Waals surface area contributed by atoms with Gasteiger partial charge in [-0.3, -0.25) is 5.32 Å². The number of urea groups is 1. The maximum absolute atomic E-state index is 11.0.